The molecule has 0 unspecified atom stereocenters. The zero-order chi connectivity index (χ0) is 11.9. The minimum atomic E-state index is 1.21. The summed E-state index contributed by atoms with van der Waals surface area (Å²) in [4.78, 5) is 0. The van der Waals surface area contributed by atoms with Crippen molar-refractivity contribution < 1.29 is 0 Å². The average Bonchev–Trinajstić information content (AvgIpc) is 2.31. The van der Waals surface area contributed by atoms with Crippen LogP contribution in [-0.4, -0.2) is 0 Å². The van der Waals surface area contributed by atoms with Gasteiger partial charge in [-0.25, -0.2) is 0 Å². The molecular weight excluding hydrogens is 192 g/mol. The second-order valence-electron chi connectivity index (χ2n) is 4.51. The van der Waals surface area contributed by atoms with Crippen LogP contribution >= 0.6 is 0 Å². The fourth-order valence-corrected chi connectivity index (χ4v) is 1.70. The molecule has 94 valence electrons. The fourth-order valence-electron chi connectivity index (χ4n) is 1.70. The molecule has 0 aliphatic heterocycles. The Balaban J connectivity index is 3.10. The lowest BCUT2D eigenvalue weighted by Crippen LogP contribution is -1.76. The number of hydrogen-bond donors (Lipinski definition) is 0. The van der Waals surface area contributed by atoms with Crippen molar-refractivity contribution in [2.45, 2.75) is 78.1 Å². The molecule has 0 amide bonds. The SMILES string of the molecule is CCC/C=C/CC/C=C/CCCCCCC. The molecule has 0 fully saturated rings. The molecule has 0 aromatic heterocycles. The van der Waals surface area contributed by atoms with E-state index in [1.807, 2.05) is 0 Å². The lowest BCUT2D eigenvalue weighted by atomic mass is 10.1. The summed E-state index contributed by atoms with van der Waals surface area (Å²) < 4.78 is 0. The molecule has 0 aromatic carbocycles. The van der Waals surface area contributed by atoms with Gasteiger partial charge in [0.1, 0.15) is 0 Å². The van der Waals surface area contributed by atoms with Gasteiger partial charge in [0.05, 0.1) is 0 Å². The summed E-state index contributed by atoms with van der Waals surface area (Å²) >= 11 is 0. The van der Waals surface area contributed by atoms with Crippen molar-refractivity contribution in [1.29, 1.82) is 0 Å². The smallest absolute Gasteiger partial charge is 0.0316 e. The zero-order valence-electron chi connectivity index (χ0n) is 11.4. The van der Waals surface area contributed by atoms with E-state index in [-0.39, 0.29) is 0 Å². The van der Waals surface area contributed by atoms with E-state index in [2.05, 4.69) is 38.2 Å². The summed E-state index contributed by atoms with van der Waals surface area (Å²) in [5.41, 5.74) is 0. The van der Waals surface area contributed by atoms with Gasteiger partial charge >= 0.3 is 0 Å². The van der Waals surface area contributed by atoms with Crippen molar-refractivity contribution >= 4 is 0 Å². The molecule has 0 atom stereocenters. The van der Waals surface area contributed by atoms with Crippen LogP contribution in [0.1, 0.15) is 78.1 Å². The van der Waals surface area contributed by atoms with Gasteiger partial charge in [0.2, 0.25) is 0 Å². The molecular formula is C16H30. The van der Waals surface area contributed by atoms with E-state index < -0.39 is 0 Å². The molecule has 0 aliphatic carbocycles. The van der Waals surface area contributed by atoms with Gasteiger partial charge in [0, 0.05) is 0 Å². The second kappa shape index (κ2) is 14.5. The van der Waals surface area contributed by atoms with E-state index >= 15 is 0 Å². The van der Waals surface area contributed by atoms with Crippen molar-refractivity contribution in [1.82, 2.24) is 0 Å². The highest BCUT2D eigenvalue weighted by molar-refractivity contribution is 4.87. The van der Waals surface area contributed by atoms with Crippen LogP contribution in [0.25, 0.3) is 0 Å². The summed E-state index contributed by atoms with van der Waals surface area (Å²) in [6.07, 6.45) is 22.5. The van der Waals surface area contributed by atoms with E-state index in [0.717, 1.165) is 0 Å². The molecule has 0 aromatic rings. The van der Waals surface area contributed by atoms with Crippen molar-refractivity contribution in [3.8, 4) is 0 Å². The predicted molar refractivity (Wildman–Crippen MR) is 75.8 cm³/mol. The molecule has 0 heteroatoms. The molecule has 0 aliphatic rings. The van der Waals surface area contributed by atoms with Gasteiger partial charge in [-0.3, -0.25) is 0 Å². The van der Waals surface area contributed by atoms with Crippen molar-refractivity contribution in [3.05, 3.63) is 24.3 Å². The van der Waals surface area contributed by atoms with Crippen molar-refractivity contribution in [2.24, 2.45) is 0 Å². The van der Waals surface area contributed by atoms with Gasteiger partial charge in [-0.05, 0) is 32.1 Å². The van der Waals surface area contributed by atoms with Gasteiger partial charge in [0.15, 0.2) is 0 Å². The second-order valence-corrected chi connectivity index (χ2v) is 4.51. The monoisotopic (exact) mass is 222 g/mol. The molecule has 0 saturated heterocycles. The summed E-state index contributed by atoms with van der Waals surface area (Å²) in [7, 11) is 0. The Morgan fingerprint density at radius 1 is 0.500 bits per heavy atom. The number of allylic oxidation sites excluding steroid dienone is 4. The number of rotatable bonds is 11. The average molecular weight is 222 g/mol. The Morgan fingerprint density at radius 2 is 1.06 bits per heavy atom. The minimum absolute atomic E-state index is 1.21. The molecule has 0 nitrogen and oxygen atoms in total. The van der Waals surface area contributed by atoms with Crippen LogP contribution in [0.4, 0.5) is 0 Å². The summed E-state index contributed by atoms with van der Waals surface area (Å²) in [6, 6.07) is 0. The molecule has 0 N–H and O–H groups in total. The van der Waals surface area contributed by atoms with Gasteiger partial charge in [-0.1, -0.05) is 70.3 Å². The van der Waals surface area contributed by atoms with Crippen LogP contribution in [-0.2, 0) is 0 Å². The standard InChI is InChI=1S/C16H30/c1-3-5-7-9-11-13-15-16-14-12-10-8-6-4-2/h7,9,15-16H,3-6,8,10-14H2,1-2H3/b9-7+,16-15+. The van der Waals surface area contributed by atoms with Gasteiger partial charge in [-0.15, -0.1) is 0 Å². The third-order valence-electron chi connectivity index (χ3n) is 2.76. The third-order valence-corrected chi connectivity index (χ3v) is 2.76. The van der Waals surface area contributed by atoms with E-state index in [9.17, 15) is 0 Å². The molecule has 0 rings (SSSR count). The molecule has 0 spiro atoms. The van der Waals surface area contributed by atoms with E-state index in [4.69, 9.17) is 0 Å². The van der Waals surface area contributed by atoms with Crippen LogP contribution < -0.4 is 0 Å². The zero-order valence-corrected chi connectivity index (χ0v) is 11.4. The molecule has 0 heterocycles. The van der Waals surface area contributed by atoms with Crippen LogP contribution in [0.3, 0.4) is 0 Å². The van der Waals surface area contributed by atoms with Crippen molar-refractivity contribution in [2.75, 3.05) is 0 Å². The maximum atomic E-state index is 2.36. The lowest BCUT2D eigenvalue weighted by molar-refractivity contribution is 0.637. The highest BCUT2D eigenvalue weighted by Crippen LogP contribution is 2.06. The predicted octanol–water partition coefficient (Wildman–Crippen LogP) is 6.04. The third kappa shape index (κ3) is 13.5. The Kier molecular flexibility index (Phi) is 14.0. The molecule has 0 radical (unpaired) electrons. The molecule has 16 heavy (non-hydrogen) atoms. The van der Waals surface area contributed by atoms with Gasteiger partial charge in [-0.2, -0.15) is 0 Å². The van der Waals surface area contributed by atoms with Crippen LogP contribution in [0.15, 0.2) is 24.3 Å². The minimum Gasteiger partial charge on any atom is -0.0885 e. The highest BCUT2D eigenvalue weighted by Gasteiger charge is 1.86. The van der Waals surface area contributed by atoms with E-state index in [1.165, 1.54) is 64.2 Å². The first kappa shape index (κ1) is 15.5. The highest BCUT2D eigenvalue weighted by atomic mass is 13.9. The Bertz CT molecular complexity index is 165. The quantitative estimate of drug-likeness (QED) is 0.295. The Morgan fingerprint density at radius 3 is 1.69 bits per heavy atom. The normalized spacial score (nSPS) is 11.9. The van der Waals surface area contributed by atoms with Gasteiger partial charge < -0.3 is 0 Å². The van der Waals surface area contributed by atoms with E-state index in [0.29, 0.717) is 0 Å². The lowest BCUT2D eigenvalue weighted by Gasteiger charge is -1.95. The van der Waals surface area contributed by atoms with E-state index in [1.54, 1.807) is 0 Å². The molecule has 0 bridgehead atoms. The summed E-state index contributed by atoms with van der Waals surface area (Å²) in [5.74, 6) is 0. The van der Waals surface area contributed by atoms with Gasteiger partial charge in [0.25, 0.3) is 0 Å². The Hall–Kier alpha value is -0.520. The number of hydrogen-bond acceptors (Lipinski definition) is 0. The van der Waals surface area contributed by atoms with Crippen molar-refractivity contribution in [3.63, 3.8) is 0 Å². The Labute approximate surface area is 103 Å². The largest absolute Gasteiger partial charge is 0.0885 e. The summed E-state index contributed by atoms with van der Waals surface area (Å²) in [6.45, 7) is 4.49. The van der Waals surface area contributed by atoms with Crippen LogP contribution in [0, 0.1) is 0 Å². The first-order valence-corrected chi connectivity index (χ1v) is 7.21. The topological polar surface area (TPSA) is 0 Å². The maximum absolute atomic E-state index is 2.36. The first-order chi connectivity index (χ1) is 7.91. The first-order valence-electron chi connectivity index (χ1n) is 7.21. The van der Waals surface area contributed by atoms with Crippen LogP contribution in [0.5, 0.6) is 0 Å². The molecule has 0 saturated carbocycles. The van der Waals surface area contributed by atoms with Crippen LogP contribution in [0.2, 0.25) is 0 Å². The fraction of sp³-hybridized carbons (Fsp3) is 0.750. The number of unbranched alkanes of at least 4 members (excludes halogenated alkanes) is 7. The summed E-state index contributed by atoms with van der Waals surface area (Å²) in [5, 5.41) is 0. The maximum Gasteiger partial charge on any atom is -0.0316 e.